The van der Waals surface area contributed by atoms with E-state index in [0.29, 0.717) is 6.04 Å². The fraction of sp³-hybridized carbons (Fsp3) is 0.312. The van der Waals surface area contributed by atoms with E-state index in [-0.39, 0.29) is 0 Å². The molecule has 2 aromatic rings. The summed E-state index contributed by atoms with van der Waals surface area (Å²) in [5, 5.41) is 3.38. The summed E-state index contributed by atoms with van der Waals surface area (Å²) in [6.45, 7) is 1.49. The quantitative estimate of drug-likeness (QED) is 0.910. The summed E-state index contributed by atoms with van der Waals surface area (Å²) < 4.78 is 5.47. The molecule has 0 aliphatic carbocycles. The van der Waals surface area contributed by atoms with Crippen molar-refractivity contribution < 1.29 is 4.74 Å². The highest BCUT2D eigenvalue weighted by molar-refractivity contribution is 5.35. The summed E-state index contributed by atoms with van der Waals surface area (Å²) in [6.07, 6.45) is 2.75. The van der Waals surface area contributed by atoms with Gasteiger partial charge in [0.1, 0.15) is 0 Å². The molecule has 1 N–H and O–H groups in total. The summed E-state index contributed by atoms with van der Waals surface area (Å²) in [6, 6.07) is 13.0. The predicted octanol–water partition coefficient (Wildman–Crippen LogP) is 2.62. The van der Waals surface area contributed by atoms with E-state index in [1.54, 1.807) is 0 Å². The van der Waals surface area contributed by atoms with Gasteiger partial charge in [-0.1, -0.05) is 24.3 Å². The van der Waals surface area contributed by atoms with Gasteiger partial charge < -0.3 is 10.1 Å². The van der Waals surface area contributed by atoms with Crippen molar-refractivity contribution in [2.45, 2.75) is 25.7 Å². The third-order valence-electron chi connectivity index (χ3n) is 3.64. The Morgan fingerprint density at radius 3 is 2.89 bits per heavy atom. The third-order valence-corrected chi connectivity index (χ3v) is 3.64. The van der Waals surface area contributed by atoms with Gasteiger partial charge in [-0.2, -0.15) is 0 Å². The summed E-state index contributed by atoms with van der Waals surface area (Å²) in [4.78, 5) is 4.40. The fourth-order valence-corrected chi connectivity index (χ4v) is 2.52. The molecule has 1 aromatic heterocycles. The number of nitrogens with one attached hydrogen (secondary N) is 1. The normalized spacial score (nSPS) is 15.2. The van der Waals surface area contributed by atoms with Gasteiger partial charge in [0.2, 0.25) is 0 Å². The summed E-state index contributed by atoms with van der Waals surface area (Å²) in [5.74, 6) is 0. The third kappa shape index (κ3) is 2.67. The van der Waals surface area contributed by atoms with E-state index in [1.807, 2.05) is 25.4 Å². The minimum atomic E-state index is 0.292. The molecule has 0 fully saturated rings. The van der Waals surface area contributed by atoms with Crippen molar-refractivity contribution in [1.82, 2.24) is 10.3 Å². The standard InChI is InChI=1S/C16H18N2O/c1-17-16(9-15-4-2-3-7-18-15)12-5-6-13-10-19-11-14(13)8-12/h2-8,16-17H,9-11H2,1H3. The number of hydrogen-bond donors (Lipinski definition) is 1. The lowest BCUT2D eigenvalue weighted by molar-refractivity contribution is 0.134. The largest absolute Gasteiger partial charge is 0.372 e. The summed E-state index contributed by atoms with van der Waals surface area (Å²) in [5.41, 5.74) is 5.05. The predicted molar refractivity (Wildman–Crippen MR) is 74.7 cm³/mol. The van der Waals surface area contributed by atoms with Crippen LogP contribution in [0.4, 0.5) is 0 Å². The van der Waals surface area contributed by atoms with Crippen LogP contribution < -0.4 is 5.32 Å². The molecule has 0 bridgehead atoms. The second-order valence-corrected chi connectivity index (χ2v) is 4.89. The number of benzene rings is 1. The van der Waals surface area contributed by atoms with Gasteiger partial charge in [-0.05, 0) is 35.9 Å². The van der Waals surface area contributed by atoms with Gasteiger partial charge in [0.05, 0.1) is 13.2 Å². The molecule has 1 atom stereocenters. The van der Waals surface area contributed by atoms with Crippen LogP contribution >= 0.6 is 0 Å². The lowest BCUT2D eigenvalue weighted by Crippen LogP contribution is -2.19. The van der Waals surface area contributed by atoms with Gasteiger partial charge in [0.15, 0.2) is 0 Å². The molecule has 0 radical (unpaired) electrons. The smallest absolute Gasteiger partial charge is 0.0725 e. The highest BCUT2D eigenvalue weighted by Crippen LogP contribution is 2.25. The first-order chi connectivity index (χ1) is 9.36. The van der Waals surface area contributed by atoms with Crippen molar-refractivity contribution >= 4 is 0 Å². The Morgan fingerprint density at radius 1 is 1.21 bits per heavy atom. The number of fused-ring (bicyclic) bond motifs is 1. The van der Waals surface area contributed by atoms with E-state index in [1.165, 1.54) is 16.7 Å². The monoisotopic (exact) mass is 254 g/mol. The molecule has 0 saturated carbocycles. The maximum Gasteiger partial charge on any atom is 0.0725 e. The first-order valence-electron chi connectivity index (χ1n) is 6.63. The second-order valence-electron chi connectivity index (χ2n) is 4.89. The average Bonchev–Trinajstić information content (AvgIpc) is 2.93. The molecule has 1 aliphatic rings. The van der Waals surface area contributed by atoms with E-state index in [0.717, 1.165) is 25.3 Å². The van der Waals surface area contributed by atoms with Crippen molar-refractivity contribution in [2.24, 2.45) is 0 Å². The number of hydrogen-bond acceptors (Lipinski definition) is 3. The zero-order valence-corrected chi connectivity index (χ0v) is 11.1. The summed E-state index contributed by atoms with van der Waals surface area (Å²) >= 11 is 0. The minimum Gasteiger partial charge on any atom is -0.372 e. The van der Waals surface area contributed by atoms with Crippen LogP contribution in [0.3, 0.4) is 0 Å². The molecular weight excluding hydrogens is 236 g/mol. The topological polar surface area (TPSA) is 34.2 Å². The van der Waals surface area contributed by atoms with Crippen molar-refractivity contribution in [3.8, 4) is 0 Å². The van der Waals surface area contributed by atoms with Crippen LogP contribution in [0.1, 0.15) is 28.4 Å². The van der Waals surface area contributed by atoms with Crippen molar-refractivity contribution in [3.05, 3.63) is 65.0 Å². The molecule has 1 aromatic carbocycles. The Labute approximate surface area is 113 Å². The van der Waals surface area contributed by atoms with Crippen molar-refractivity contribution in [3.63, 3.8) is 0 Å². The number of nitrogens with zero attached hydrogens (tertiary/aromatic N) is 1. The Kier molecular flexibility index (Phi) is 3.58. The number of likely N-dealkylation sites (N-methyl/N-ethyl adjacent to an activating group) is 1. The van der Waals surface area contributed by atoms with E-state index in [4.69, 9.17) is 4.74 Å². The highest BCUT2D eigenvalue weighted by atomic mass is 16.5. The first-order valence-corrected chi connectivity index (χ1v) is 6.63. The molecule has 3 nitrogen and oxygen atoms in total. The van der Waals surface area contributed by atoms with Crippen LogP contribution in [0.2, 0.25) is 0 Å². The molecule has 1 aliphatic heterocycles. The van der Waals surface area contributed by atoms with E-state index < -0.39 is 0 Å². The number of ether oxygens (including phenoxy) is 1. The lowest BCUT2D eigenvalue weighted by Gasteiger charge is -2.17. The van der Waals surface area contributed by atoms with Gasteiger partial charge in [-0.15, -0.1) is 0 Å². The van der Waals surface area contributed by atoms with Crippen LogP contribution in [0.15, 0.2) is 42.6 Å². The molecule has 3 rings (SSSR count). The van der Waals surface area contributed by atoms with Gasteiger partial charge in [0, 0.05) is 24.4 Å². The maximum atomic E-state index is 5.47. The Bertz CT molecular complexity index is 554. The van der Waals surface area contributed by atoms with Gasteiger partial charge in [-0.3, -0.25) is 4.98 Å². The van der Waals surface area contributed by atoms with Crippen LogP contribution in [-0.2, 0) is 24.4 Å². The molecule has 98 valence electrons. The molecule has 1 unspecified atom stereocenters. The first kappa shape index (κ1) is 12.3. The number of aromatic nitrogens is 1. The van der Waals surface area contributed by atoms with Crippen molar-refractivity contribution in [1.29, 1.82) is 0 Å². The van der Waals surface area contributed by atoms with E-state index in [9.17, 15) is 0 Å². The number of rotatable bonds is 4. The molecule has 0 amide bonds. The van der Waals surface area contributed by atoms with Crippen LogP contribution in [0.25, 0.3) is 0 Å². The number of pyridine rings is 1. The molecule has 19 heavy (non-hydrogen) atoms. The van der Waals surface area contributed by atoms with Gasteiger partial charge >= 0.3 is 0 Å². The lowest BCUT2D eigenvalue weighted by atomic mass is 9.98. The Morgan fingerprint density at radius 2 is 2.11 bits per heavy atom. The van der Waals surface area contributed by atoms with Crippen LogP contribution in [0, 0.1) is 0 Å². The zero-order chi connectivity index (χ0) is 13.1. The molecule has 0 saturated heterocycles. The van der Waals surface area contributed by atoms with Crippen LogP contribution in [0.5, 0.6) is 0 Å². The SMILES string of the molecule is CNC(Cc1ccccn1)c1ccc2c(c1)COC2. The maximum absolute atomic E-state index is 5.47. The Balaban J connectivity index is 1.82. The highest BCUT2D eigenvalue weighted by Gasteiger charge is 2.16. The minimum absolute atomic E-state index is 0.292. The Hall–Kier alpha value is -1.71. The fourth-order valence-electron chi connectivity index (χ4n) is 2.52. The summed E-state index contributed by atoms with van der Waals surface area (Å²) in [7, 11) is 2.00. The van der Waals surface area contributed by atoms with E-state index >= 15 is 0 Å². The van der Waals surface area contributed by atoms with Crippen molar-refractivity contribution in [2.75, 3.05) is 7.05 Å². The van der Waals surface area contributed by atoms with Gasteiger partial charge in [0.25, 0.3) is 0 Å². The van der Waals surface area contributed by atoms with E-state index in [2.05, 4.69) is 34.6 Å². The van der Waals surface area contributed by atoms with Gasteiger partial charge in [-0.25, -0.2) is 0 Å². The molecule has 3 heteroatoms. The van der Waals surface area contributed by atoms with Crippen LogP contribution in [-0.4, -0.2) is 12.0 Å². The average molecular weight is 254 g/mol. The zero-order valence-electron chi connectivity index (χ0n) is 11.1. The molecular formula is C16H18N2O. The molecule has 0 spiro atoms. The second kappa shape index (κ2) is 5.51. The molecule has 2 heterocycles.